The molecule has 2 aromatic rings. The van der Waals surface area contributed by atoms with E-state index in [1.807, 2.05) is 0 Å². The summed E-state index contributed by atoms with van der Waals surface area (Å²) < 4.78 is 18.2. The van der Waals surface area contributed by atoms with Crippen LogP contribution in [0.25, 0.3) is 0 Å². The molecule has 6 heteroatoms. The number of furan rings is 1. The van der Waals surface area contributed by atoms with Crippen molar-refractivity contribution in [3.05, 3.63) is 58.2 Å². The number of nitrogens with one attached hydrogen (secondary N) is 1. The Hall–Kier alpha value is -1.95. The molecule has 2 rings (SSSR count). The number of halogens is 2. The van der Waals surface area contributed by atoms with Crippen LogP contribution in [0.3, 0.4) is 0 Å². The number of amides is 1. The van der Waals surface area contributed by atoms with Crippen LogP contribution in [0.2, 0.25) is 0 Å². The quantitative estimate of drug-likeness (QED) is 0.700. The van der Waals surface area contributed by atoms with Crippen molar-refractivity contribution < 1.29 is 13.6 Å². The molecule has 0 saturated heterocycles. The molecule has 1 aromatic carbocycles. The molecule has 0 unspecified atom stereocenters. The van der Waals surface area contributed by atoms with E-state index in [1.54, 1.807) is 18.2 Å². The number of carbonyl (C=O) groups excluding carboxylic acids is 1. The van der Waals surface area contributed by atoms with E-state index in [-0.39, 0.29) is 11.6 Å². The molecule has 0 bridgehead atoms. The van der Waals surface area contributed by atoms with Gasteiger partial charge >= 0.3 is 5.91 Å². The lowest BCUT2D eigenvalue weighted by Gasteiger charge is -1.97. The van der Waals surface area contributed by atoms with E-state index in [9.17, 15) is 9.18 Å². The van der Waals surface area contributed by atoms with E-state index in [2.05, 4.69) is 26.5 Å². The Morgan fingerprint density at radius 2 is 2.28 bits per heavy atom. The molecule has 0 aliphatic heterocycles. The summed E-state index contributed by atoms with van der Waals surface area (Å²) in [6.07, 6.45) is 2.81. The average molecular weight is 311 g/mol. The number of hydrazone groups is 1. The van der Waals surface area contributed by atoms with Crippen LogP contribution in [0, 0.1) is 5.82 Å². The highest BCUT2D eigenvalue weighted by atomic mass is 79.9. The Labute approximate surface area is 111 Å². The fourth-order valence-corrected chi connectivity index (χ4v) is 1.62. The van der Waals surface area contributed by atoms with E-state index in [0.29, 0.717) is 10.0 Å². The summed E-state index contributed by atoms with van der Waals surface area (Å²) >= 11 is 3.06. The van der Waals surface area contributed by atoms with Crippen LogP contribution in [-0.4, -0.2) is 12.1 Å². The van der Waals surface area contributed by atoms with Crippen molar-refractivity contribution in [2.24, 2.45) is 5.10 Å². The summed E-state index contributed by atoms with van der Waals surface area (Å²) in [6, 6.07) is 7.54. The summed E-state index contributed by atoms with van der Waals surface area (Å²) in [7, 11) is 0. The fourth-order valence-electron chi connectivity index (χ4n) is 1.22. The van der Waals surface area contributed by atoms with Gasteiger partial charge < -0.3 is 4.42 Å². The van der Waals surface area contributed by atoms with E-state index >= 15 is 0 Å². The van der Waals surface area contributed by atoms with E-state index in [4.69, 9.17) is 4.42 Å². The molecule has 92 valence electrons. The average Bonchev–Trinajstić information content (AvgIpc) is 2.87. The summed E-state index contributed by atoms with van der Waals surface area (Å²) in [5, 5.41) is 3.74. The summed E-state index contributed by atoms with van der Waals surface area (Å²) in [4.78, 5) is 11.4. The van der Waals surface area contributed by atoms with Gasteiger partial charge in [0.1, 0.15) is 5.82 Å². The minimum Gasteiger partial charge on any atom is -0.459 e. The Balaban J connectivity index is 1.99. The van der Waals surface area contributed by atoms with Crippen molar-refractivity contribution in [1.29, 1.82) is 0 Å². The van der Waals surface area contributed by atoms with Gasteiger partial charge in [0, 0.05) is 0 Å². The van der Waals surface area contributed by atoms with Crippen molar-refractivity contribution in [1.82, 2.24) is 5.43 Å². The molecule has 0 radical (unpaired) electrons. The number of hydrogen-bond donors (Lipinski definition) is 1. The zero-order valence-corrected chi connectivity index (χ0v) is 10.6. The number of nitrogens with zero attached hydrogens (tertiary/aromatic N) is 1. The van der Waals surface area contributed by atoms with Gasteiger partial charge in [-0.05, 0) is 45.8 Å². The monoisotopic (exact) mass is 310 g/mol. The van der Waals surface area contributed by atoms with E-state index in [0.717, 1.165) is 0 Å². The van der Waals surface area contributed by atoms with E-state index in [1.165, 1.54) is 24.6 Å². The van der Waals surface area contributed by atoms with Crippen LogP contribution < -0.4 is 5.43 Å². The molecule has 0 aliphatic carbocycles. The lowest BCUT2D eigenvalue weighted by molar-refractivity contribution is 0.0927. The van der Waals surface area contributed by atoms with Gasteiger partial charge in [-0.15, -0.1) is 0 Å². The summed E-state index contributed by atoms with van der Waals surface area (Å²) in [6.45, 7) is 0. The highest BCUT2D eigenvalue weighted by Gasteiger charge is 2.05. The molecule has 18 heavy (non-hydrogen) atoms. The molecule has 4 nitrogen and oxygen atoms in total. The topological polar surface area (TPSA) is 54.6 Å². The van der Waals surface area contributed by atoms with Crippen molar-refractivity contribution in [3.8, 4) is 0 Å². The summed E-state index contributed by atoms with van der Waals surface area (Å²) in [5.41, 5.74) is 2.95. The van der Waals surface area contributed by atoms with Crippen LogP contribution in [0.15, 0.2) is 50.6 Å². The normalized spacial score (nSPS) is 10.8. The Bertz CT molecular complexity index is 582. The highest BCUT2D eigenvalue weighted by molar-refractivity contribution is 9.10. The minimum absolute atomic E-state index is 0.174. The maximum Gasteiger partial charge on any atom is 0.307 e. The standard InChI is InChI=1S/C12H8BrFN2O2/c13-9-6-8(3-4-10(9)14)7-15-16-12(17)11-2-1-5-18-11/h1-7H,(H,16,17)/b15-7+. The first-order valence-electron chi connectivity index (χ1n) is 4.99. The second kappa shape index (κ2) is 5.59. The SMILES string of the molecule is O=C(N/N=C/c1ccc(F)c(Br)c1)c1ccco1. The number of hydrogen-bond acceptors (Lipinski definition) is 3. The van der Waals surface area contributed by atoms with Crippen molar-refractivity contribution in [2.45, 2.75) is 0 Å². The van der Waals surface area contributed by atoms with Gasteiger partial charge in [0.15, 0.2) is 5.76 Å². The van der Waals surface area contributed by atoms with Gasteiger partial charge in [-0.25, -0.2) is 9.82 Å². The van der Waals surface area contributed by atoms with Gasteiger partial charge in [-0.2, -0.15) is 5.10 Å². The number of rotatable bonds is 3. The molecular formula is C12H8BrFN2O2. The lowest BCUT2D eigenvalue weighted by Crippen LogP contribution is -2.16. The van der Waals surface area contributed by atoms with Crippen molar-refractivity contribution in [2.75, 3.05) is 0 Å². The molecule has 0 spiro atoms. The first-order valence-corrected chi connectivity index (χ1v) is 5.78. The molecule has 1 amide bonds. The Morgan fingerprint density at radius 1 is 1.44 bits per heavy atom. The fraction of sp³-hybridized carbons (Fsp3) is 0. The Morgan fingerprint density at radius 3 is 2.94 bits per heavy atom. The second-order valence-corrected chi connectivity index (χ2v) is 4.20. The van der Waals surface area contributed by atoms with Crippen molar-refractivity contribution in [3.63, 3.8) is 0 Å². The van der Waals surface area contributed by atoms with Crippen molar-refractivity contribution >= 4 is 28.1 Å². The maximum atomic E-state index is 13.0. The predicted molar refractivity (Wildman–Crippen MR) is 67.9 cm³/mol. The third-order valence-electron chi connectivity index (χ3n) is 2.07. The van der Waals surface area contributed by atoms with Crippen LogP contribution in [-0.2, 0) is 0 Å². The minimum atomic E-state index is -0.447. The molecule has 0 fully saturated rings. The molecule has 1 N–H and O–H groups in total. The van der Waals surface area contributed by atoms with Gasteiger partial charge in [-0.1, -0.05) is 6.07 Å². The predicted octanol–water partition coefficient (Wildman–Crippen LogP) is 2.95. The van der Waals surface area contributed by atoms with Gasteiger partial charge in [0.2, 0.25) is 0 Å². The largest absolute Gasteiger partial charge is 0.459 e. The molecule has 0 saturated carbocycles. The highest BCUT2D eigenvalue weighted by Crippen LogP contribution is 2.15. The van der Waals surface area contributed by atoms with Crippen LogP contribution >= 0.6 is 15.9 Å². The smallest absolute Gasteiger partial charge is 0.307 e. The van der Waals surface area contributed by atoms with Gasteiger partial charge in [0.25, 0.3) is 0 Å². The third-order valence-corrected chi connectivity index (χ3v) is 2.68. The molecule has 1 aromatic heterocycles. The molecule has 0 aliphatic rings. The lowest BCUT2D eigenvalue weighted by atomic mass is 10.2. The summed E-state index contributed by atoms with van der Waals surface area (Å²) in [5.74, 6) is -0.628. The second-order valence-electron chi connectivity index (χ2n) is 3.35. The Kier molecular flexibility index (Phi) is 3.88. The zero-order chi connectivity index (χ0) is 13.0. The first-order chi connectivity index (χ1) is 8.66. The van der Waals surface area contributed by atoms with Crippen LogP contribution in [0.4, 0.5) is 4.39 Å². The number of carbonyl (C=O) groups is 1. The maximum absolute atomic E-state index is 13.0. The molecule has 0 atom stereocenters. The van der Waals surface area contributed by atoms with Crippen LogP contribution in [0.1, 0.15) is 16.1 Å². The van der Waals surface area contributed by atoms with Gasteiger partial charge in [-0.3, -0.25) is 4.79 Å². The first kappa shape index (κ1) is 12.5. The zero-order valence-electron chi connectivity index (χ0n) is 9.06. The molecule has 1 heterocycles. The third kappa shape index (κ3) is 3.04. The molecular weight excluding hydrogens is 303 g/mol. The van der Waals surface area contributed by atoms with Crippen LogP contribution in [0.5, 0.6) is 0 Å². The number of benzene rings is 1. The van der Waals surface area contributed by atoms with Gasteiger partial charge in [0.05, 0.1) is 17.0 Å². The van der Waals surface area contributed by atoms with E-state index < -0.39 is 5.91 Å².